The number of amides is 2. The summed E-state index contributed by atoms with van der Waals surface area (Å²) in [6.45, 7) is 0.890. The highest BCUT2D eigenvalue weighted by molar-refractivity contribution is 5.96. The van der Waals surface area contributed by atoms with Gasteiger partial charge in [0, 0.05) is 24.4 Å². The number of aromatic carboxylic acids is 1. The molecule has 1 aliphatic rings. The molecule has 1 fully saturated rings. The maximum Gasteiger partial charge on any atom is 0.335 e. The minimum atomic E-state index is -1.04. The molecular formula is C20H20N2O5. The molecule has 2 amide bonds. The summed E-state index contributed by atoms with van der Waals surface area (Å²) in [7, 11) is 0. The monoisotopic (exact) mass is 368 g/mol. The Morgan fingerprint density at radius 1 is 1.07 bits per heavy atom. The normalized spacial score (nSPS) is 15.9. The van der Waals surface area contributed by atoms with Gasteiger partial charge >= 0.3 is 5.97 Å². The minimum absolute atomic E-state index is 0.126. The highest BCUT2D eigenvalue weighted by Gasteiger charge is 2.23. The molecule has 3 rings (SSSR count). The van der Waals surface area contributed by atoms with E-state index in [-0.39, 0.29) is 23.9 Å². The van der Waals surface area contributed by atoms with E-state index in [1.54, 1.807) is 18.2 Å². The van der Waals surface area contributed by atoms with E-state index >= 15 is 0 Å². The second-order valence-electron chi connectivity index (χ2n) is 6.26. The van der Waals surface area contributed by atoms with Crippen LogP contribution in [0.15, 0.2) is 48.5 Å². The zero-order valence-corrected chi connectivity index (χ0v) is 14.6. The Morgan fingerprint density at radius 2 is 1.81 bits per heavy atom. The van der Waals surface area contributed by atoms with Crippen molar-refractivity contribution in [2.75, 3.05) is 11.9 Å². The van der Waals surface area contributed by atoms with Crippen LogP contribution in [-0.2, 0) is 16.1 Å². The van der Waals surface area contributed by atoms with Crippen molar-refractivity contribution in [3.8, 4) is 0 Å². The van der Waals surface area contributed by atoms with Crippen molar-refractivity contribution < 1.29 is 24.2 Å². The molecule has 0 aliphatic carbocycles. The molecule has 0 spiro atoms. The molecule has 0 radical (unpaired) electrons. The molecule has 140 valence electrons. The molecule has 1 atom stereocenters. The Labute approximate surface area is 156 Å². The second kappa shape index (κ2) is 8.46. The molecule has 1 heterocycles. The SMILES string of the molecule is O=C(O)c1ccc(C(=O)NCc2cccc(NC(=O)C3CCCO3)c2)cc1. The van der Waals surface area contributed by atoms with Crippen LogP contribution in [0.1, 0.15) is 39.1 Å². The molecule has 2 aromatic carbocycles. The molecule has 0 bridgehead atoms. The average Bonchev–Trinajstić information content (AvgIpc) is 3.21. The Balaban J connectivity index is 1.56. The number of rotatable bonds is 6. The molecule has 1 aliphatic heterocycles. The van der Waals surface area contributed by atoms with E-state index in [1.165, 1.54) is 24.3 Å². The third kappa shape index (κ3) is 4.92. The first kappa shape index (κ1) is 18.6. The van der Waals surface area contributed by atoms with Crippen LogP contribution < -0.4 is 10.6 Å². The number of ether oxygens (including phenoxy) is 1. The van der Waals surface area contributed by atoms with Crippen molar-refractivity contribution in [3.63, 3.8) is 0 Å². The van der Waals surface area contributed by atoms with Crippen molar-refractivity contribution in [2.24, 2.45) is 0 Å². The predicted octanol–water partition coefficient (Wildman–Crippen LogP) is 2.43. The van der Waals surface area contributed by atoms with Gasteiger partial charge in [-0.15, -0.1) is 0 Å². The van der Waals surface area contributed by atoms with Gasteiger partial charge in [0.1, 0.15) is 6.10 Å². The van der Waals surface area contributed by atoms with E-state index in [0.29, 0.717) is 17.9 Å². The summed E-state index contributed by atoms with van der Waals surface area (Å²) in [5.41, 5.74) is 1.98. The van der Waals surface area contributed by atoms with Gasteiger partial charge in [-0.3, -0.25) is 9.59 Å². The lowest BCUT2D eigenvalue weighted by Crippen LogP contribution is -2.27. The summed E-state index contributed by atoms with van der Waals surface area (Å²) < 4.78 is 5.36. The summed E-state index contributed by atoms with van der Waals surface area (Å²) in [5.74, 6) is -1.50. The third-order valence-electron chi connectivity index (χ3n) is 4.26. The maximum atomic E-state index is 12.2. The lowest BCUT2D eigenvalue weighted by molar-refractivity contribution is -0.124. The van der Waals surface area contributed by atoms with Gasteiger partial charge in [0.25, 0.3) is 11.8 Å². The Hall–Kier alpha value is -3.19. The van der Waals surface area contributed by atoms with Gasteiger partial charge in [0.05, 0.1) is 5.56 Å². The summed E-state index contributed by atoms with van der Waals surface area (Å²) in [4.78, 5) is 35.1. The lowest BCUT2D eigenvalue weighted by Gasteiger charge is -2.12. The van der Waals surface area contributed by atoms with Crippen LogP contribution in [0.5, 0.6) is 0 Å². The number of hydrogen-bond donors (Lipinski definition) is 3. The fraction of sp³-hybridized carbons (Fsp3) is 0.250. The van der Waals surface area contributed by atoms with Gasteiger partial charge in [0.15, 0.2) is 0 Å². The first-order chi connectivity index (χ1) is 13.0. The third-order valence-corrected chi connectivity index (χ3v) is 4.26. The molecule has 27 heavy (non-hydrogen) atoms. The molecule has 1 saturated heterocycles. The summed E-state index contributed by atoms with van der Waals surface area (Å²) in [6.07, 6.45) is 1.21. The topological polar surface area (TPSA) is 105 Å². The largest absolute Gasteiger partial charge is 0.478 e. The molecule has 0 aromatic heterocycles. The van der Waals surface area contributed by atoms with Crippen molar-refractivity contribution in [3.05, 3.63) is 65.2 Å². The number of carboxylic acids is 1. The van der Waals surface area contributed by atoms with Crippen LogP contribution in [0, 0.1) is 0 Å². The van der Waals surface area contributed by atoms with E-state index in [1.807, 2.05) is 6.07 Å². The van der Waals surface area contributed by atoms with E-state index in [4.69, 9.17) is 9.84 Å². The zero-order valence-electron chi connectivity index (χ0n) is 14.6. The molecule has 7 heteroatoms. The Kier molecular flexibility index (Phi) is 5.83. The molecule has 1 unspecified atom stereocenters. The number of nitrogens with one attached hydrogen (secondary N) is 2. The second-order valence-corrected chi connectivity index (χ2v) is 6.26. The Bertz CT molecular complexity index is 842. The molecular weight excluding hydrogens is 348 g/mol. The first-order valence-corrected chi connectivity index (χ1v) is 8.66. The fourth-order valence-corrected chi connectivity index (χ4v) is 2.81. The fourth-order valence-electron chi connectivity index (χ4n) is 2.81. The van der Waals surface area contributed by atoms with Crippen LogP contribution in [0.2, 0.25) is 0 Å². The molecule has 7 nitrogen and oxygen atoms in total. The smallest absolute Gasteiger partial charge is 0.335 e. The van der Waals surface area contributed by atoms with E-state index in [0.717, 1.165) is 18.4 Å². The number of benzene rings is 2. The molecule has 2 aromatic rings. The number of hydrogen-bond acceptors (Lipinski definition) is 4. The molecule has 3 N–H and O–H groups in total. The van der Waals surface area contributed by atoms with Crippen LogP contribution in [-0.4, -0.2) is 35.6 Å². The Morgan fingerprint density at radius 3 is 2.48 bits per heavy atom. The average molecular weight is 368 g/mol. The predicted molar refractivity (Wildman–Crippen MR) is 98.6 cm³/mol. The number of carboxylic acid groups (broad SMARTS) is 1. The van der Waals surface area contributed by atoms with E-state index in [2.05, 4.69) is 10.6 Å². The maximum absolute atomic E-state index is 12.2. The lowest BCUT2D eigenvalue weighted by atomic mass is 10.1. The first-order valence-electron chi connectivity index (χ1n) is 8.66. The summed E-state index contributed by atoms with van der Waals surface area (Å²) in [5, 5.41) is 14.5. The van der Waals surface area contributed by atoms with Gasteiger partial charge < -0.3 is 20.5 Å². The van der Waals surface area contributed by atoms with E-state index < -0.39 is 12.1 Å². The van der Waals surface area contributed by atoms with Crippen LogP contribution in [0.4, 0.5) is 5.69 Å². The van der Waals surface area contributed by atoms with Gasteiger partial charge in [-0.25, -0.2) is 4.79 Å². The van der Waals surface area contributed by atoms with Crippen molar-refractivity contribution in [2.45, 2.75) is 25.5 Å². The van der Waals surface area contributed by atoms with Crippen LogP contribution in [0.3, 0.4) is 0 Å². The zero-order chi connectivity index (χ0) is 19.2. The van der Waals surface area contributed by atoms with Gasteiger partial charge in [-0.05, 0) is 54.8 Å². The van der Waals surface area contributed by atoms with Crippen LogP contribution >= 0.6 is 0 Å². The van der Waals surface area contributed by atoms with E-state index in [9.17, 15) is 14.4 Å². The highest BCUT2D eigenvalue weighted by Crippen LogP contribution is 2.16. The van der Waals surface area contributed by atoms with Gasteiger partial charge in [-0.1, -0.05) is 12.1 Å². The number of anilines is 1. The van der Waals surface area contributed by atoms with Gasteiger partial charge in [0.2, 0.25) is 0 Å². The van der Waals surface area contributed by atoms with Crippen LogP contribution in [0.25, 0.3) is 0 Å². The van der Waals surface area contributed by atoms with Gasteiger partial charge in [-0.2, -0.15) is 0 Å². The quantitative estimate of drug-likeness (QED) is 0.726. The standard InChI is InChI=1S/C20H20N2O5/c23-18(14-6-8-15(9-7-14)20(25)26)21-12-13-3-1-4-16(11-13)22-19(24)17-5-2-10-27-17/h1,3-4,6-9,11,17H,2,5,10,12H2,(H,21,23)(H,22,24)(H,25,26). The summed E-state index contributed by atoms with van der Waals surface area (Å²) in [6, 6.07) is 12.9. The summed E-state index contributed by atoms with van der Waals surface area (Å²) >= 11 is 0. The minimum Gasteiger partial charge on any atom is -0.478 e. The number of carbonyl (C=O) groups excluding carboxylic acids is 2. The highest BCUT2D eigenvalue weighted by atomic mass is 16.5. The van der Waals surface area contributed by atoms with Crippen molar-refractivity contribution in [1.82, 2.24) is 5.32 Å². The molecule has 0 saturated carbocycles. The van der Waals surface area contributed by atoms with Crippen molar-refractivity contribution >= 4 is 23.5 Å². The van der Waals surface area contributed by atoms with Crippen molar-refractivity contribution in [1.29, 1.82) is 0 Å². The number of carbonyl (C=O) groups is 3.